The molecule has 3 heteroatoms. The van der Waals surface area contributed by atoms with Crippen molar-refractivity contribution in [2.24, 2.45) is 0 Å². The predicted octanol–water partition coefficient (Wildman–Crippen LogP) is 2.90. The summed E-state index contributed by atoms with van der Waals surface area (Å²) in [4.78, 5) is 10.6. The molecule has 102 valence electrons. The molecule has 0 heterocycles. The van der Waals surface area contributed by atoms with Crippen molar-refractivity contribution in [2.45, 2.75) is 38.6 Å². The van der Waals surface area contributed by atoms with Crippen LogP contribution in [0.5, 0.6) is 0 Å². The molecule has 0 saturated heterocycles. The van der Waals surface area contributed by atoms with Crippen LogP contribution in [0.1, 0.15) is 36.8 Å². The lowest BCUT2D eigenvalue weighted by atomic mass is 10.1. The van der Waals surface area contributed by atoms with Crippen molar-refractivity contribution in [1.82, 2.24) is 5.32 Å². The van der Waals surface area contributed by atoms with Crippen molar-refractivity contribution >= 4 is 5.97 Å². The number of nitrogens with one attached hydrogen (secondary N) is 1. The fourth-order valence-corrected chi connectivity index (χ4v) is 2.40. The zero-order chi connectivity index (χ0) is 13.5. The maximum absolute atomic E-state index is 10.6. The van der Waals surface area contributed by atoms with Crippen LogP contribution in [-0.4, -0.2) is 17.6 Å². The topological polar surface area (TPSA) is 49.3 Å². The maximum atomic E-state index is 10.6. The first-order valence-electron chi connectivity index (χ1n) is 6.92. The summed E-state index contributed by atoms with van der Waals surface area (Å²) >= 11 is 0. The minimum atomic E-state index is -0.782. The summed E-state index contributed by atoms with van der Waals surface area (Å²) in [6.45, 7) is 1.86. The van der Waals surface area contributed by atoms with E-state index in [1.165, 1.54) is 24.8 Å². The van der Waals surface area contributed by atoms with E-state index in [1.54, 1.807) is 5.57 Å². The molecule has 0 aromatic heterocycles. The Kier molecular flexibility index (Phi) is 5.16. The third-order valence-corrected chi connectivity index (χ3v) is 3.47. The molecular weight excluding hydrogens is 238 g/mol. The standard InChI is InChI=1S/C16H21NO2/c18-16(19)11-14-5-7-15(8-6-14)12-17-10-9-13-3-1-2-4-13/h3,5-8,17H,1-2,4,9-12H2,(H,18,19). The number of carboxylic acid groups (broad SMARTS) is 1. The van der Waals surface area contributed by atoms with Crippen molar-refractivity contribution in [3.8, 4) is 0 Å². The molecule has 19 heavy (non-hydrogen) atoms. The summed E-state index contributed by atoms with van der Waals surface area (Å²) in [5, 5.41) is 12.1. The van der Waals surface area contributed by atoms with Gasteiger partial charge in [0.05, 0.1) is 6.42 Å². The van der Waals surface area contributed by atoms with E-state index in [0.717, 1.165) is 25.1 Å². The van der Waals surface area contributed by atoms with Gasteiger partial charge in [0, 0.05) is 6.54 Å². The second kappa shape index (κ2) is 7.10. The van der Waals surface area contributed by atoms with Crippen molar-refractivity contribution in [1.29, 1.82) is 0 Å². The smallest absolute Gasteiger partial charge is 0.307 e. The molecule has 3 nitrogen and oxygen atoms in total. The quantitative estimate of drug-likeness (QED) is 0.584. The van der Waals surface area contributed by atoms with Gasteiger partial charge in [0.25, 0.3) is 0 Å². The van der Waals surface area contributed by atoms with Crippen LogP contribution in [-0.2, 0) is 17.8 Å². The molecule has 0 atom stereocenters. The Hall–Kier alpha value is -1.61. The Morgan fingerprint density at radius 1 is 1.21 bits per heavy atom. The van der Waals surface area contributed by atoms with Crippen molar-refractivity contribution in [3.05, 3.63) is 47.0 Å². The second-order valence-corrected chi connectivity index (χ2v) is 5.07. The SMILES string of the molecule is O=C(O)Cc1ccc(CNCCC2=CCCC2)cc1. The highest BCUT2D eigenvalue weighted by atomic mass is 16.4. The first-order chi connectivity index (χ1) is 9.24. The number of allylic oxidation sites excluding steroid dienone is 1. The monoisotopic (exact) mass is 259 g/mol. The third-order valence-electron chi connectivity index (χ3n) is 3.47. The van der Waals surface area contributed by atoms with E-state index in [9.17, 15) is 4.79 Å². The van der Waals surface area contributed by atoms with Gasteiger partial charge in [0.1, 0.15) is 0 Å². The van der Waals surface area contributed by atoms with Gasteiger partial charge < -0.3 is 10.4 Å². The van der Waals surface area contributed by atoms with Gasteiger partial charge in [0.15, 0.2) is 0 Å². The minimum Gasteiger partial charge on any atom is -0.481 e. The molecule has 0 aliphatic heterocycles. The average Bonchev–Trinajstić information content (AvgIpc) is 2.89. The molecule has 2 N–H and O–H groups in total. The molecule has 0 saturated carbocycles. The molecular formula is C16H21NO2. The maximum Gasteiger partial charge on any atom is 0.307 e. The summed E-state index contributed by atoms with van der Waals surface area (Å²) in [6.07, 6.45) is 7.45. The summed E-state index contributed by atoms with van der Waals surface area (Å²) < 4.78 is 0. The van der Waals surface area contributed by atoms with Gasteiger partial charge in [0.2, 0.25) is 0 Å². The van der Waals surface area contributed by atoms with Crippen LogP contribution in [0.4, 0.5) is 0 Å². The number of benzene rings is 1. The van der Waals surface area contributed by atoms with Gasteiger partial charge in [-0.25, -0.2) is 0 Å². The Morgan fingerprint density at radius 3 is 2.58 bits per heavy atom. The summed E-state index contributed by atoms with van der Waals surface area (Å²) in [7, 11) is 0. The van der Waals surface area contributed by atoms with Gasteiger partial charge in [-0.3, -0.25) is 4.79 Å². The molecule has 1 aromatic carbocycles. The van der Waals surface area contributed by atoms with Gasteiger partial charge in [-0.1, -0.05) is 35.9 Å². The fourth-order valence-electron chi connectivity index (χ4n) is 2.40. The Bertz CT molecular complexity index is 448. The van der Waals surface area contributed by atoms with E-state index >= 15 is 0 Å². The van der Waals surface area contributed by atoms with Crippen LogP contribution in [0.15, 0.2) is 35.9 Å². The summed E-state index contributed by atoms with van der Waals surface area (Å²) in [5.74, 6) is -0.782. The second-order valence-electron chi connectivity index (χ2n) is 5.07. The summed E-state index contributed by atoms with van der Waals surface area (Å²) in [5.41, 5.74) is 3.64. The van der Waals surface area contributed by atoms with Crippen LogP contribution in [0.25, 0.3) is 0 Å². The van der Waals surface area contributed by atoms with E-state index in [2.05, 4.69) is 11.4 Å². The molecule has 1 aliphatic carbocycles. The van der Waals surface area contributed by atoms with Gasteiger partial charge in [-0.05, 0) is 43.4 Å². The largest absolute Gasteiger partial charge is 0.481 e. The van der Waals surface area contributed by atoms with Crippen LogP contribution >= 0.6 is 0 Å². The molecule has 0 unspecified atom stereocenters. The number of hydrogen-bond donors (Lipinski definition) is 2. The number of aliphatic carboxylic acids is 1. The third kappa shape index (κ3) is 4.87. The highest BCUT2D eigenvalue weighted by Gasteiger charge is 2.03. The van der Waals surface area contributed by atoms with Crippen molar-refractivity contribution in [2.75, 3.05) is 6.54 Å². The van der Waals surface area contributed by atoms with Crippen LogP contribution in [0.2, 0.25) is 0 Å². The molecule has 0 spiro atoms. The molecule has 2 rings (SSSR count). The summed E-state index contributed by atoms with van der Waals surface area (Å²) in [6, 6.07) is 7.79. The average molecular weight is 259 g/mol. The van der Waals surface area contributed by atoms with Crippen LogP contribution in [0, 0.1) is 0 Å². The molecule has 1 aromatic rings. The highest BCUT2D eigenvalue weighted by molar-refractivity contribution is 5.70. The first-order valence-corrected chi connectivity index (χ1v) is 6.92. The lowest BCUT2D eigenvalue weighted by molar-refractivity contribution is -0.136. The van der Waals surface area contributed by atoms with E-state index in [1.807, 2.05) is 24.3 Å². The Balaban J connectivity index is 1.69. The van der Waals surface area contributed by atoms with Gasteiger partial charge in [-0.2, -0.15) is 0 Å². The van der Waals surface area contributed by atoms with Crippen LogP contribution < -0.4 is 5.32 Å². The Morgan fingerprint density at radius 2 is 1.95 bits per heavy atom. The zero-order valence-electron chi connectivity index (χ0n) is 11.2. The fraction of sp³-hybridized carbons (Fsp3) is 0.438. The van der Waals surface area contributed by atoms with E-state index < -0.39 is 5.97 Å². The molecule has 1 aliphatic rings. The van der Waals surface area contributed by atoms with E-state index in [0.29, 0.717) is 0 Å². The first kappa shape index (κ1) is 13.8. The molecule has 0 fully saturated rings. The molecule has 0 radical (unpaired) electrons. The molecule has 0 bridgehead atoms. The lowest BCUT2D eigenvalue weighted by Crippen LogP contribution is -2.15. The van der Waals surface area contributed by atoms with Crippen molar-refractivity contribution in [3.63, 3.8) is 0 Å². The highest BCUT2D eigenvalue weighted by Crippen LogP contribution is 2.19. The number of rotatable bonds is 7. The zero-order valence-corrected chi connectivity index (χ0v) is 11.2. The van der Waals surface area contributed by atoms with Gasteiger partial charge >= 0.3 is 5.97 Å². The number of carboxylic acids is 1. The normalized spacial score (nSPS) is 14.4. The van der Waals surface area contributed by atoms with Gasteiger partial charge in [-0.15, -0.1) is 0 Å². The van der Waals surface area contributed by atoms with Crippen molar-refractivity contribution < 1.29 is 9.90 Å². The van der Waals surface area contributed by atoms with E-state index in [4.69, 9.17) is 5.11 Å². The molecule has 0 amide bonds. The van der Waals surface area contributed by atoms with E-state index in [-0.39, 0.29) is 6.42 Å². The Labute approximate surface area is 114 Å². The minimum absolute atomic E-state index is 0.0991. The lowest BCUT2D eigenvalue weighted by Gasteiger charge is -2.06. The van der Waals surface area contributed by atoms with Crippen LogP contribution in [0.3, 0.4) is 0 Å². The number of hydrogen-bond acceptors (Lipinski definition) is 2. The number of carbonyl (C=O) groups is 1. The predicted molar refractivity (Wildman–Crippen MR) is 76.0 cm³/mol.